The normalized spacial score (nSPS) is 13.4. The van der Waals surface area contributed by atoms with Gasteiger partial charge in [-0.05, 0) is 24.1 Å². The van der Waals surface area contributed by atoms with Crippen molar-refractivity contribution in [2.45, 2.75) is 20.0 Å². The molecule has 0 saturated heterocycles. The molecule has 0 unspecified atom stereocenters. The summed E-state index contributed by atoms with van der Waals surface area (Å²) in [6, 6.07) is 10.0. The highest BCUT2D eigenvalue weighted by atomic mass is 16.4. The lowest BCUT2D eigenvalue weighted by molar-refractivity contribution is 0.0697. The van der Waals surface area contributed by atoms with Crippen LogP contribution in [0.15, 0.2) is 36.5 Å². The number of carboxylic acid groups (broad SMARTS) is 1. The van der Waals surface area contributed by atoms with E-state index in [1.807, 2.05) is 25.1 Å². The number of carbonyl (C=O) groups is 1. The zero-order valence-corrected chi connectivity index (χ0v) is 10.6. The van der Waals surface area contributed by atoms with Crippen LogP contribution in [-0.2, 0) is 13.1 Å². The van der Waals surface area contributed by atoms with Gasteiger partial charge in [0.25, 0.3) is 0 Å². The summed E-state index contributed by atoms with van der Waals surface area (Å²) in [7, 11) is 0. The van der Waals surface area contributed by atoms with E-state index in [1.165, 1.54) is 17.3 Å². The van der Waals surface area contributed by atoms with Crippen molar-refractivity contribution in [2.75, 3.05) is 4.90 Å². The van der Waals surface area contributed by atoms with Gasteiger partial charge in [0.2, 0.25) is 0 Å². The number of benzene rings is 1. The number of anilines is 1. The van der Waals surface area contributed by atoms with E-state index in [2.05, 4.69) is 22.0 Å². The zero-order chi connectivity index (χ0) is 13.4. The van der Waals surface area contributed by atoms with Crippen molar-refractivity contribution in [1.82, 2.24) is 4.98 Å². The van der Waals surface area contributed by atoms with E-state index in [0.717, 1.165) is 24.5 Å². The van der Waals surface area contributed by atoms with Crippen molar-refractivity contribution in [2.24, 2.45) is 0 Å². The molecule has 1 aromatic heterocycles. The lowest BCUT2D eigenvalue weighted by atomic mass is 10.1. The van der Waals surface area contributed by atoms with E-state index in [4.69, 9.17) is 0 Å². The Morgan fingerprint density at radius 1 is 1.26 bits per heavy atom. The van der Waals surface area contributed by atoms with Crippen LogP contribution in [0, 0.1) is 6.92 Å². The van der Waals surface area contributed by atoms with E-state index < -0.39 is 5.97 Å². The van der Waals surface area contributed by atoms with Gasteiger partial charge in [-0.1, -0.05) is 24.3 Å². The molecule has 0 fully saturated rings. The quantitative estimate of drug-likeness (QED) is 0.895. The minimum Gasteiger partial charge on any atom is -0.478 e. The first-order valence-electron chi connectivity index (χ1n) is 6.17. The third-order valence-corrected chi connectivity index (χ3v) is 3.43. The van der Waals surface area contributed by atoms with E-state index in [0.29, 0.717) is 0 Å². The Bertz CT molecular complexity index is 627. The summed E-state index contributed by atoms with van der Waals surface area (Å²) in [5.74, 6) is -0.932. The molecule has 0 atom stereocenters. The van der Waals surface area contributed by atoms with Crippen molar-refractivity contribution < 1.29 is 9.90 Å². The summed E-state index contributed by atoms with van der Waals surface area (Å²) in [5.41, 5.74) is 4.35. The van der Waals surface area contributed by atoms with Crippen molar-refractivity contribution in [3.63, 3.8) is 0 Å². The highest BCUT2D eigenvalue weighted by Crippen LogP contribution is 2.30. The smallest absolute Gasteiger partial charge is 0.339 e. The summed E-state index contributed by atoms with van der Waals surface area (Å²) in [4.78, 5) is 17.5. The van der Waals surface area contributed by atoms with Crippen molar-refractivity contribution in [3.8, 4) is 0 Å². The Morgan fingerprint density at radius 2 is 1.89 bits per heavy atom. The maximum atomic E-state index is 11.3. The number of aryl methyl sites for hydroxylation is 1. The van der Waals surface area contributed by atoms with E-state index in [1.54, 1.807) is 0 Å². The number of aromatic nitrogens is 1. The van der Waals surface area contributed by atoms with Crippen LogP contribution >= 0.6 is 0 Å². The van der Waals surface area contributed by atoms with Gasteiger partial charge in [-0.25, -0.2) is 4.79 Å². The van der Waals surface area contributed by atoms with Crippen LogP contribution in [0.1, 0.15) is 27.2 Å². The molecule has 0 radical (unpaired) electrons. The van der Waals surface area contributed by atoms with Crippen molar-refractivity contribution in [1.29, 1.82) is 0 Å². The number of aromatic carboxylic acids is 1. The average Bonchev–Trinajstić information content (AvgIpc) is 2.81. The first-order valence-corrected chi connectivity index (χ1v) is 6.17. The van der Waals surface area contributed by atoms with Crippen molar-refractivity contribution >= 4 is 11.7 Å². The highest BCUT2D eigenvalue weighted by Gasteiger charge is 2.23. The molecule has 1 aliphatic rings. The molecular weight excluding hydrogens is 240 g/mol. The molecule has 1 N–H and O–H groups in total. The molecule has 3 rings (SSSR count). The molecule has 4 nitrogen and oxygen atoms in total. The van der Waals surface area contributed by atoms with Crippen LogP contribution in [0.25, 0.3) is 0 Å². The van der Waals surface area contributed by atoms with Gasteiger partial charge in [-0.15, -0.1) is 0 Å². The van der Waals surface area contributed by atoms with E-state index in [-0.39, 0.29) is 5.56 Å². The second-order valence-corrected chi connectivity index (χ2v) is 4.77. The standard InChI is InChI=1S/C15H14N2O2/c1-10-6-14(13(7-16-10)15(18)19)17-8-11-4-2-3-5-12(11)9-17/h2-7H,8-9H2,1H3,(H,18,19). The molecule has 0 aliphatic carbocycles. The lowest BCUT2D eigenvalue weighted by Gasteiger charge is -2.20. The molecule has 0 bridgehead atoms. The van der Waals surface area contributed by atoms with Gasteiger partial charge < -0.3 is 10.0 Å². The van der Waals surface area contributed by atoms with Gasteiger partial charge in [0.1, 0.15) is 5.56 Å². The third kappa shape index (κ3) is 2.05. The SMILES string of the molecule is Cc1cc(N2Cc3ccccc3C2)c(C(=O)O)cn1. The maximum absolute atomic E-state index is 11.3. The Balaban J connectivity index is 2.01. The van der Waals surface area contributed by atoms with Crippen LogP contribution in [0.2, 0.25) is 0 Å². The molecule has 2 aromatic rings. The van der Waals surface area contributed by atoms with Gasteiger partial charge in [0.05, 0.1) is 5.69 Å². The fourth-order valence-corrected chi connectivity index (χ4v) is 2.48. The van der Waals surface area contributed by atoms with E-state index in [9.17, 15) is 9.90 Å². The van der Waals surface area contributed by atoms with Gasteiger partial charge in [-0.2, -0.15) is 0 Å². The molecule has 96 valence electrons. The number of hydrogen-bond donors (Lipinski definition) is 1. The number of hydrogen-bond acceptors (Lipinski definition) is 3. The minimum atomic E-state index is -0.932. The molecule has 1 aliphatic heterocycles. The number of rotatable bonds is 2. The molecule has 0 amide bonds. The summed E-state index contributed by atoms with van der Waals surface area (Å²) in [5, 5.41) is 9.27. The summed E-state index contributed by atoms with van der Waals surface area (Å²) < 4.78 is 0. The highest BCUT2D eigenvalue weighted by molar-refractivity contribution is 5.94. The zero-order valence-electron chi connectivity index (χ0n) is 10.6. The second-order valence-electron chi connectivity index (χ2n) is 4.77. The second kappa shape index (κ2) is 4.39. The monoisotopic (exact) mass is 254 g/mol. The molecule has 0 spiro atoms. The van der Waals surface area contributed by atoms with Crippen LogP contribution in [0.5, 0.6) is 0 Å². The number of pyridine rings is 1. The predicted octanol–water partition coefficient (Wildman–Crippen LogP) is 2.61. The fourth-order valence-electron chi connectivity index (χ4n) is 2.48. The topological polar surface area (TPSA) is 53.4 Å². The first-order chi connectivity index (χ1) is 9.15. The lowest BCUT2D eigenvalue weighted by Crippen LogP contribution is -2.18. The number of carboxylic acids is 1. The van der Waals surface area contributed by atoms with Crippen molar-refractivity contribution in [3.05, 3.63) is 58.9 Å². The average molecular weight is 254 g/mol. The maximum Gasteiger partial charge on any atom is 0.339 e. The number of nitrogens with zero attached hydrogens (tertiary/aromatic N) is 2. The van der Waals surface area contributed by atoms with Crippen LogP contribution < -0.4 is 4.90 Å². The molecule has 2 heterocycles. The van der Waals surface area contributed by atoms with Crippen LogP contribution in [-0.4, -0.2) is 16.1 Å². The Labute approximate surface area is 111 Å². The molecule has 19 heavy (non-hydrogen) atoms. The minimum absolute atomic E-state index is 0.262. The summed E-state index contributed by atoms with van der Waals surface area (Å²) >= 11 is 0. The third-order valence-electron chi connectivity index (χ3n) is 3.43. The molecule has 1 aromatic carbocycles. The summed E-state index contributed by atoms with van der Waals surface area (Å²) in [6.45, 7) is 3.37. The Kier molecular flexibility index (Phi) is 2.71. The van der Waals surface area contributed by atoms with Gasteiger partial charge >= 0.3 is 5.97 Å². The van der Waals surface area contributed by atoms with Crippen LogP contribution in [0.3, 0.4) is 0 Å². The number of fused-ring (bicyclic) bond motifs is 1. The predicted molar refractivity (Wildman–Crippen MR) is 72.3 cm³/mol. The van der Waals surface area contributed by atoms with E-state index >= 15 is 0 Å². The molecule has 0 saturated carbocycles. The first kappa shape index (κ1) is 11.7. The molecular formula is C15H14N2O2. The summed E-state index contributed by atoms with van der Waals surface area (Å²) in [6.07, 6.45) is 1.44. The van der Waals surface area contributed by atoms with Gasteiger partial charge in [-0.3, -0.25) is 4.98 Å². The molecule has 4 heteroatoms. The Morgan fingerprint density at radius 3 is 2.47 bits per heavy atom. The Hall–Kier alpha value is -2.36. The van der Waals surface area contributed by atoms with Crippen LogP contribution in [0.4, 0.5) is 5.69 Å². The van der Waals surface area contributed by atoms with Gasteiger partial charge in [0.15, 0.2) is 0 Å². The largest absolute Gasteiger partial charge is 0.478 e. The fraction of sp³-hybridized carbons (Fsp3) is 0.200. The van der Waals surface area contributed by atoms with Gasteiger partial charge in [0, 0.05) is 25.0 Å².